The standard InChI is InChI=1S/C13H19NOS/c15-11-12-4-3-5-13(10-12)16-9-8-14-6-1-2-7-14/h3-5,10,15H,1-2,6-9,11H2. The number of aliphatic hydroxyl groups is 1. The van der Waals surface area contributed by atoms with Crippen LogP contribution in [0.4, 0.5) is 0 Å². The van der Waals surface area contributed by atoms with Crippen molar-refractivity contribution in [1.82, 2.24) is 4.90 Å². The van der Waals surface area contributed by atoms with Gasteiger partial charge in [0, 0.05) is 17.2 Å². The number of aliphatic hydroxyl groups excluding tert-OH is 1. The molecule has 0 aromatic heterocycles. The zero-order valence-electron chi connectivity index (χ0n) is 9.56. The molecule has 1 heterocycles. The van der Waals surface area contributed by atoms with Gasteiger partial charge >= 0.3 is 0 Å². The van der Waals surface area contributed by atoms with E-state index in [0.29, 0.717) is 0 Å². The second-order valence-electron chi connectivity index (χ2n) is 4.20. The molecule has 0 aliphatic carbocycles. The summed E-state index contributed by atoms with van der Waals surface area (Å²) >= 11 is 1.88. The Kier molecular flexibility index (Phi) is 4.69. The van der Waals surface area contributed by atoms with Crippen molar-refractivity contribution in [2.24, 2.45) is 0 Å². The molecule has 1 aromatic carbocycles. The minimum Gasteiger partial charge on any atom is -0.392 e. The van der Waals surface area contributed by atoms with Crippen LogP contribution in [0.2, 0.25) is 0 Å². The lowest BCUT2D eigenvalue weighted by Crippen LogP contribution is -2.21. The Morgan fingerprint density at radius 1 is 1.25 bits per heavy atom. The first-order chi connectivity index (χ1) is 7.88. The van der Waals surface area contributed by atoms with Crippen molar-refractivity contribution >= 4 is 11.8 Å². The molecule has 2 nitrogen and oxygen atoms in total. The minimum atomic E-state index is 0.139. The number of hydrogen-bond acceptors (Lipinski definition) is 3. The van der Waals surface area contributed by atoms with Crippen molar-refractivity contribution in [2.75, 3.05) is 25.4 Å². The van der Waals surface area contributed by atoms with E-state index >= 15 is 0 Å². The summed E-state index contributed by atoms with van der Waals surface area (Å²) in [7, 11) is 0. The molecule has 0 saturated carbocycles. The minimum absolute atomic E-state index is 0.139. The van der Waals surface area contributed by atoms with E-state index in [4.69, 9.17) is 5.11 Å². The Balaban J connectivity index is 1.75. The lowest BCUT2D eigenvalue weighted by molar-refractivity contribution is 0.281. The van der Waals surface area contributed by atoms with Gasteiger partial charge in [0.25, 0.3) is 0 Å². The Morgan fingerprint density at radius 2 is 2.06 bits per heavy atom. The number of hydrogen-bond donors (Lipinski definition) is 1. The third-order valence-corrected chi connectivity index (χ3v) is 3.93. The largest absolute Gasteiger partial charge is 0.392 e. The molecule has 88 valence electrons. The molecule has 0 unspecified atom stereocenters. The van der Waals surface area contributed by atoms with Crippen LogP contribution >= 0.6 is 11.8 Å². The number of nitrogens with zero attached hydrogens (tertiary/aromatic N) is 1. The van der Waals surface area contributed by atoms with Crippen LogP contribution in [-0.4, -0.2) is 35.4 Å². The van der Waals surface area contributed by atoms with Crippen molar-refractivity contribution in [1.29, 1.82) is 0 Å². The first-order valence-corrected chi connectivity index (χ1v) is 6.92. The fourth-order valence-corrected chi connectivity index (χ4v) is 3.03. The number of likely N-dealkylation sites (tertiary alicyclic amines) is 1. The van der Waals surface area contributed by atoms with E-state index in [0.717, 1.165) is 11.3 Å². The van der Waals surface area contributed by atoms with Crippen LogP contribution in [0.25, 0.3) is 0 Å². The summed E-state index contributed by atoms with van der Waals surface area (Å²) in [6.07, 6.45) is 2.73. The summed E-state index contributed by atoms with van der Waals surface area (Å²) in [5.74, 6) is 1.15. The van der Waals surface area contributed by atoms with E-state index in [9.17, 15) is 0 Å². The fraction of sp³-hybridized carbons (Fsp3) is 0.538. The summed E-state index contributed by atoms with van der Waals surface area (Å²) in [5, 5.41) is 9.04. The molecule has 1 aromatic rings. The molecule has 1 aliphatic rings. The Bertz CT molecular complexity index is 323. The van der Waals surface area contributed by atoms with Crippen LogP contribution in [0.15, 0.2) is 29.2 Å². The average Bonchev–Trinajstić information content (AvgIpc) is 2.82. The van der Waals surface area contributed by atoms with E-state index in [1.54, 1.807) is 0 Å². The monoisotopic (exact) mass is 237 g/mol. The van der Waals surface area contributed by atoms with Gasteiger partial charge in [0.15, 0.2) is 0 Å². The van der Waals surface area contributed by atoms with Crippen molar-refractivity contribution in [3.63, 3.8) is 0 Å². The lowest BCUT2D eigenvalue weighted by Gasteiger charge is -2.13. The van der Waals surface area contributed by atoms with Crippen molar-refractivity contribution < 1.29 is 5.11 Å². The van der Waals surface area contributed by atoms with Crippen molar-refractivity contribution in [2.45, 2.75) is 24.3 Å². The molecule has 1 fully saturated rings. The van der Waals surface area contributed by atoms with Gasteiger partial charge in [-0.1, -0.05) is 12.1 Å². The highest BCUT2D eigenvalue weighted by Crippen LogP contribution is 2.20. The van der Waals surface area contributed by atoms with Gasteiger partial charge in [-0.05, 0) is 43.6 Å². The lowest BCUT2D eigenvalue weighted by atomic mass is 10.2. The van der Waals surface area contributed by atoms with Crippen LogP contribution in [0, 0.1) is 0 Å². The number of thioether (sulfide) groups is 1. The molecule has 0 amide bonds. The maximum absolute atomic E-state index is 9.04. The Morgan fingerprint density at radius 3 is 2.81 bits per heavy atom. The van der Waals surface area contributed by atoms with Gasteiger partial charge in [0.1, 0.15) is 0 Å². The summed E-state index contributed by atoms with van der Waals surface area (Å²) in [6.45, 7) is 3.88. The normalized spacial score (nSPS) is 16.8. The predicted octanol–water partition coefficient (Wildman–Crippen LogP) is 2.37. The SMILES string of the molecule is OCc1cccc(SCCN2CCCC2)c1. The predicted molar refractivity (Wildman–Crippen MR) is 68.8 cm³/mol. The molecule has 0 radical (unpaired) electrons. The fourth-order valence-electron chi connectivity index (χ4n) is 2.03. The summed E-state index contributed by atoms with van der Waals surface area (Å²) in [5.41, 5.74) is 1.01. The Labute approximate surface area is 102 Å². The highest BCUT2D eigenvalue weighted by Gasteiger charge is 2.10. The van der Waals surface area contributed by atoms with E-state index in [1.165, 1.54) is 37.4 Å². The maximum atomic E-state index is 9.04. The number of rotatable bonds is 5. The molecule has 1 N–H and O–H groups in total. The van der Waals surface area contributed by atoms with Crippen LogP contribution in [-0.2, 0) is 6.61 Å². The van der Waals surface area contributed by atoms with Crippen molar-refractivity contribution in [3.8, 4) is 0 Å². The Hall–Kier alpha value is -0.510. The third kappa shape index (κ3) is 3.51. The van der Waals surface area contributed by atoms with Gasteiger partial charge in [0.05, 0.1) is 6.61 Å². The first kappa shape index (κ1) is 12.0. The van der Waals surface area contributed by atoms with Gasteiger partial charge in [-0.25, -0.2) is 0 Å². The van der Waals surface area contributed by atoms with Crippen LogP contribution in [0.1, 0.15) is 18.4 Å². The molecule has 0 atom stereocenters. The van der Waals surface area contributed by atoms with Gasteiger partial charge in [-0.15, -0.1) is 11.8 Å². The highest BCUT2D eigenvalue weighted by molar-refractivity contribution is 7.99. The van der Waals surface area contributed by atoms with Crippen LogP contribution < -0.4 is 0 Å². The summed E-state index contributed by atoms with van der Waals surface area (Å²) < 4.78 is 0. The molecule has 2 rings (SSSR count). The van der Waals surface area contributed by atoms with E-state index in [-0.39, 0.29) is 6.61 Å². The van der Waals surface area contributed by atoms with Gasteiger partial charge in [-0.2, -0.15) is 0 Å². The summed E-state index contributed by atoms with van der Waals surface area (Å²) in [4.78, 5) is 3.80. The van der Waals surface area contributed by atoms with E-state index in [1.807, 2.05) is 23.9 Å². The van der Waals surface area contributed by atoms with E-state index < -0.39 is 0 Å². The zero-order valence-corrected chi connectivity index (χ0v) is 10.4. The maximum Gasteiger partial charge on any atom is 0.0682 e. The molecule has 3 heteroatoms. The van der Waals surface area contributed by atoms with Crippen LogP contribution in [0.3, 0.4) is 0 Å². The average molecular weight is 237 g/mol. The topological polar surface area (TPSA) is 23.5 Å². The molecule has 16 heavy (non-hydrogen) atoms. The molecule has 1 saturated heterocycles. The highest BCUT2D eigenvalue weighted by atomic mass is 32.2. The van der Waals surface area contributed by atoms with Gasteiger partial charge in [0.2, 0.25) is 0 Å². The second-order valence-corrected chi connectivity index (χ2v) is 5.37. The molecular formula is C13H19NOS. The van der Waals surface area contributed by atoms with Gasteiger partial charge in [-0.3, -0.25) is 0 Å². The molecule has 0 bridgehead atoms. The molecule has 1 aliphatic heterocycles. The number of benzene rings is 1. The van der Waals surface area contributed by atoms with Gasteiger partial charge < -0.3 is 10.0 Å². The third-order valence-electron chi connectivity index (χ3n) is 2.96. The smallest absolute Gasteiger partial charge is 0.0682 e. The van der Waals surface area contributed by atoms with Crippen molar-refractivity contribution in [3.05, 3.63) is 29.8 Å². The molecular weight excluding hydrogens is 218 g/mol. The zero-order chi connectivity index (χ0) is 11.2. The summed E-state index contributed by atoms with van der Waals surface area (Å²) in [6, 6.07) is 8.18. The van der Waals surface area contributed by atoms with Crippen LogP contribution in [0.5, 0.6) is 0 Å². The second kappa shape index (κ2) is 6.28. The quantitative estimate of drug-likeness (QED) is 0.795. The first-order valence-electron chi connectivity index (χ1n) is 5.93. The van der Waals surface area contributed by atoms with E-state index in [2.05, 4.69) is 17.0 Å². The molecule has 0 spiro atoms.